The van der Waals surface area contributed by atoms with E-state index in [0.717, 1.165) is 29.5 Å². The van der Waals surface area contributed by atoms with Gasteiger partial charge >= 0.3 is 12.1 Å². The SMILES string of the molecule is CCC[C@@H]1[C@H](C(=O)N2Cc3ccc(Cl)cc3C[C@@H]2COCC(=O)O)CCCN1C(=O)c1ncccc1C(F)(F)F. The van der Waals surface area contributed by atoms with Crippen LogP contribution in [-0.4, -0.2) is 69.5 Å². The first-order chi connectivity index (χ1) is 19.0. The van der Waals surface area contributed by atoms with Crippen LogP contribution in [0.3, 0.4) is 0 Å². The third-order valence-corrected chi connectivity index (χ3v) is 7.72. The van der Waals surface area contributed by atoms with Crippen LogP contribution in [0.5, 0.6) is 0 Å². The minimum Gasteiger partial charge on any atom is -0.480 e. The number of pyridine rings is 1. The molecule has 2 amide bonds. The number of aliphatic carboxylic acids is 1. The number of hydrogen-bond acceptors (Lipinski definition) is 5. The van der Waals surface area contributed by atoms with E-state index >= 15 is 0 Å². The van der Waals surface area contributed by atoms with Crippen molar-refractivity contribution in [3.05, 3.63) is 63.9 Å². The van der Waals surface area contributed by atoms with Gasteiger partial charge in [-0.05, 0) is 61.1 Å². The fraction of sp³-hybridized carbons (Fsp3) is 0.500. The number of ether oxygens (including phenoxy) is 1. The van der Waals surface area contributed by atoms with Gasteiger partial charge in [-0.15, -0.1) is 0 Å². The van der Waals surface area contributed by atoms with Crippen molar-refractivity contribution in [1.29, 1.82) is 0 Å². The summed E-state index contributed by atoms with van der Waals surface area (Å²) in [5.41, 5.74) is 0.0470. The van der Waals surface area contributed by atoms with Gasteiger partial charge in [0.25, 0.3) is 5.91 Å². The predicted octanol–water partition coefficient (Wildman–Crippen LogP) is 4.83. The highest BCUT2D eigenvalue weighted by Crippen LogP contribution is 2.36. The number of piperidine rings is 1. The zero-order chi connectivity index (χ0) is 29.0. The van der Waals surface area contributed by atoms with Crippen LogP contribution in [-0.2, 0) is 33.5 Å². The third kappa shape index (κ3) is 6.58. The van der Waals surface area contributed by atoms with Gasteiger partial charge in [0.2, 0.25) is 5.91 Å². The molecule has 1 aromatic heterocycles. The number of rotatable bonds is 8. The number of carbonyl (C=O) groups excluding carboxylic acids is 2. The molecule has 216 valence electrons. The van der Waals surface area contributed by atoms with Crippen molar-refractivity contribution in [2.45, 2.75) is 63.8 Å². The van der Waals surface area contributed by atoms with E-state index in [1.165, 1.54) is 4.90 Å². The maximum atomic E-state index is 14.1. The van der Waals surface area contributed by atoms with Crippen LogP contribution in [0.2, 0.25) is 5.02 Å². The quantitative estimate of drug-likeness (QED) is 0.479. The van der Waals surface area contributed by atoms with E-state index in [4.69, 9.17) is 21.4 Å². The summed E-state index contributed by atoms with van der Waals surface area (Å²) >= 11 is 6.18. The normalized spacial score (nSPS) is 21.2. The highest BCUT2D eigenvalue weighted by Gasteiger charge is 2.44. The molecule has 2 aliphatic rings. The van der Waals surface area contributed by atoms with Gasteiger partial charge in [-0.2, -0.15) is 13.2 Å². The second-order valence-corrected chi connectivity index (χ2v) is 10.6. The lowest BCUT2D eigenvalue weighted by atomic mass is 9.83. The lowest BCUT2D eigenvalue weighted by molar-refractivity contribution is -0.147. The van der Waals surface area contributed by atoms with Gasteiger partial charge < -0.3 is 19.6 Å². The number of nitrogens with zero attached hydrogens (tertiary/aromatic N) is 3. The Morgan fingerprint density at radius 3 is 2.65 bits per heavy atom. The van der Waals surface area contributed by atoms with Gasteiger partial charge in [-0.1, -0.05) is 31.0 Å². The maximum Gasteiger partial charge on any atom is 0.418 e. The summed E-state index contributed by atoms with van der Waals surface area (Å²) in [5.74, 6) is -2.86. The van der Waals surface area contributed by atoms with E-state index in [0.29, 0.717) is 37.1 Å². The molecule has 2 aromatic rings. The number of alkyl halides is 3. The molecule has 12 heteroatoms. The molecule has 0 aliphatic carbocycles. The van der Waals surface area contributed by atoms with E-state index in [1.807, 2.05) is 19.1 Å². The number of halogens is 4. The molecule has 0 saturated carbocycles. The molecular weight excluding hydrogens is 551 g/mol. The van der Waals surface area contributed by atoms with E-state index in [2.05, 4.69) is 4.98 Å². The Bertz CT molecular complexity index is 1260. The summed E-state index contributed by atoms with van der Waals surface area (Å²) in [7, 11) is 0. The first-order valence-corrected chi connectivity index (χ1v) is 13.6. The molecule has 3 atom stereocenters. The molecule has 40 heavy (non-hydrogen) atoms. The number of benzene rings is 1. The second kappa shape index (κ2) is 12.6. The molecule has 1 aromatic carbocycles. The smallest absolute Gasteiger partial charge is 0.418 e. The molecule has 3 heterocycles. The summed E-state index contributed by atoms with van der Waals surface area (Å²) in [6, 6.07) is 6.27. The summed E-state index contributed by atoms with van der Waals surface area (Å²) in [4.78, 5) is 45.5. The molecule has 0 radical (unpaired) electrons. The van der Waals surface area contributed by atoms with Gasteiger partial charge in [0.1, 0.15) is 12.3 Å². The molecule has 1 N–H and O–H groups in total. The largest absolute Gasteiger partial charge is 0.480 e. The fourth-order valence-corrected chi connectivity index (χ4v) is 5.90. The van der Waals surface area contributed by atoms with Crippen LogP contribution < -0.4 is 0 Å². The summed E-state index contributed by atoms with van der Waals surface area (Å²) in [6.45, 7) is 1.82. The summed E-state index contributed by atoms with van der Waals surface area (Å²) < 4.78 is 46.4. The number of fused-ring (bicyclic) bond motifs is 1. The number of aromatic nitrogens is 1. The Hall–Kier alpha value is -3.18. The van der Waals surface area contributed by atoms with E-state index < -0.39 is 53.9 Å². The van der Waals surface area contributed by atoms with Crippen LogP contribution in [0.25, 0.3) is 0 Å². The lowest BCUT2D eigenvalue weighted by Gasteiger charge is -2.45. The second-order valence-electron chi connectivity index (χ2n) is 10.1. The predicted molar refractivity (Wildman–Crippen MR) is 140 cm³/mol. The van der Waals surface area contributed by atoms with Crippen LogP contribution in [0, 0.1) is 5.92 Å². The first-order valence-electron chi connectivity index (χ1n) is 13.2. The fourth-order valence-electron chi connectivity index (χ4n) is 5.71. The molecule has 1 fully saturated rings. The van der Waals surface area contributed by atoms with Crippen molar-refractivity contribution in [2.75, 3.05) is 19.8 Å². The van der Waals surface area contributed by atoms with Gasteiger partial charge in [-0.25, -0.2) is 4.79 Å². The summed E-state index contributed by atoms with van der Waals surface area (Å²) in [6.07, 6.45) is -1.25. The summed E-state index contributed by atoms with van der Waals surface area (Å²) in [5, 5.41) is 9.56. The Morgan fingerprint density at radius 1 is 1.18 bits per heavy atom. The van der Waals surface area contributed by atoms with Gasteiger partial charge in [0.15, 0.2) is 0 Å². The van der Waals surface area contributed by atoms with Crippen LogP contribution in [0.15, 0.2) is 36.5 Å². The first kappa shape index (κ1) is 29.8. The topological polar surface area (TPSA) is 100 Å². The van der Waals surface area contributed by atoms with Crippen molar-refractivity contribution in [2.24, 2.45) is 5.92 Å². The lowest BCUT2D eigenvalue weighted by Crippen LogP contribution is -2.56. The average Bonchev–Trinajstić information content (AvgIpc) is 2.91. The number of carboxylic acid groups (broad SMARTS) is 1. The van der Waals surface area contributed by atoms with Gasteiger partial charge in [0, 0.05) is 30.4 Å². The van der Waals surface area contributed by atoms with Crippen molar-refractivity contribution < 1.29 is 37.4 Å². The number of likely N-dealkylation sites (tertiary alicyclic amines) is 1. The van der Waals surface area contributed by atoms with Crippen molar-refractivity contribution in [3.8, 4) is 0 Å². The third-order valence-electron chi connectivity index (χ3n) is 7.48. The van der Waals surface area contributed by atoms with Gasteiger partial charge in [0.05, 0.1) is 24.1 Å². The highest BCUT2D eigenvalue weighted by molar-refractivity contribution is 6.30. The maximum absolute atomic E-state index is 14.1. The minimum absolute atomic E-state index is 0.0132. The number of amides is 2. The minimum atomic E-state index is -4.75. The van der Waals surface area contributed by atoms with E-state index in [1.54, 1.807) is 11.0 Å². The Morgan fingerprint density at radius 2 is 1.95 bits per heavy atom. The molecular formula is C28H31ClF3N3O5. The van der Waals surface area contributed by atoms with Crippen LogP contribution in [0.4, 0.5) is 13.2 Å². The van der Waals surface area contributed by atoms with Crippen molar-refractivity contribution >= 4 is 29.4 Å². The van der Waals surface area contributed by atoms with Crippen LogP contribution >= 0.6 is 11.6 Å². The zero-order valence-electron chi connectivity index (χ0n) is 22.0. The van der Waals surface area contributed by atoms with Gasteiger partial charge in [-0.3, -0.25) is 14.6 Å². The Labute approximate surface area is 235 Å². The molecule has 0 unspecified atom stereocenters. The molecule has 8 nitrogen and oxygen atoms in total. The number of carboxylic acids is 1. The Kier molecular flexibility index (Phi) is 9.35. The molecule has 1 saturated heterocycles. The Balaban J connectivity index is 1.63. The monoisotopic (exact) mass is 581 g/mol. The van der Waals surface area contributed by atoms with Crippen molar-refractivity contribution in [3.63, 3.8) is 0 Å². The molecule has 0 spiro atoms. The average molecular weight is 582 g/mol. The zero-order valence-corrected chi connectivity index (χ0v) is 22.7. The molecule has 0 bridgehead atoms. The number of hydrogen-bond donors (Lipinski definition) is 1. The van der Waals surface area contributed by atoms with E-state index in [-0.39, 0.29) is 25.6 Å². The molecule has 2 aliphatic heterocycles. The standard InChI is InChI=1S/C28H31ClF3N3O5/c1-2-5-23-21(6-4-11-34(23)27(39)25-22(28(30,31)32)7-3-10-33-25)26(38)35-14-17-8-9-19(29)12-18(17)13-20(35)15-40-16-24(36)37/h3,7-10,12,20-21,23H,2,4-6,11,13-16H2,1H3,(H,36,37)/t20-,21-,23-/m1/s1. The highest BCUT2D eigenvalue weighted by atomic mass is 35.5. The van der Waals surface area contributed by atoms with Crippen LogP contribution in [0.1, 0.15) is 59.8 Å². The number of carbonyl (C=O) groups is 3. The van der Waals surface area contributed by atoms with Crippen molar-refractivity contribution in [1.82, 2.24) is 14.8 Å². The molecule has 4 rings (SSSR count). The van der Waals surface area contributed by atoms with E-state index in [9.17, 15) is 27.6 Å².